The van der Waals surface area contributed by atoms with E-state index >= 15 is 0 Å². The molecule has 2 aromatic carbocycles. The molecule has 3 rings (SSSR count). The number of rotatable bonds is 2. The fourth-order valence-corrected chi connectivity index (χ4v) is 3.20. The summed E-state index contributed by atoms with van der Waals surface area (Å²) in [6, 6.07) is 9.83. The number of nitrogens with zero attached hydrogens (tertiary/aromatic N) is 1. The Morgan fingerprint density at radius 1 is 1.14 bits per heavy atom. The molecular formula is C21H22BrFN2O3. The molecule has 0 aromatic heterocycles. The van der Waals surface area contributed by atoms with Crippen LogP contribution in [0.15, 0.2) is 40.9 Å². The molecule has 0 atom stereocenters. The minimum atomic E-state index is -0.548. The van der Waals surface area contributed by atoms with Gasteiger partial charge in [-0.05, 0) is 84.6 Å². The number of benzene rings is 2. The topological polar surface area (TPSA) is 58.6 Å². The molecule has 0 saturated heterocycles. The number of nitrogens with one attached hydrogen (secondary N) is 1. The zero-order valence-electron chi connectivity index (χ0n) is 16.0. The third-order valence-electron chi connectivity index (χ3n) is 4.31. The van der Waals surface area contributed by atoms with Crippen LogP contribution < -0.4 is 5.32 Å². The number of amides is 2. The SMILES string of the molecule is CC(C)(C)OC(=O)N1CCc2ccc(NC(=O)c3ccc(Br)c(F)c3)cc2C1. The predicted octanol–water partition coefficient (Wildman–Crippen LogP) is 5.13. The van der Waals surface area contributed by atoms with E-state index in [1.165, 1.54) is 12.1 Å². The van der Waals surface area contributed by atoms with Crippen molar-refractivity contribution in [1.82, 2.24) is 4.90 Å². The minimum Gasteiger partial charge on any atom is -0.444 e. The molecule has 2 amide bonds. The van der Waals surface area contributed by atoms with Gasteiger partial charge in [-0.15, -0.1) is 0 Å². The van der Waals surface area contributed by atoms with Crippen molar-refractivity contribution >= 4 is 33.6 Å². The molecule has 0 unspecified atom stereocenters. The lowest BCUT2D eigenvalue weighted by atomic mass is 9.99. The van der Waals surface area contributed by atoms with Crippen molar-refractivity contribution in [1.29, 1.82) is 0 Å². The highest BCUT2D eigenvalue weighted by Gasteiger charge is 2.26. The average Bonchev–Trinajstić information content (AvgIpc) is 2.62. The van der Waals surface area contributed by atoms with Crippen LogP contribution in [0, 0.1) is 5.82 Å². The van der Waals surface area contributed by atoms with Gasteiger partial charge in [-0.1, -0.05) is 6.07 Å². The van der Waals surface area contributed by atoms with E-state index in [1.807, 2.05) is 39.0 Å². The zero-order valence-corrected chi connectivity index (χ0v) is 17.6. The lowest BCUT2D eigenvalue weighted by Crippen LogP contribution is -2.39. The molecule has 0 aliphatic carbocycles. The van der Waals surface area contributed by atoms with Gasteiger partial charge in [0.15, 0.2) is 0 Å². The first-order valence-electron chi connectivity index (χ1n) is 8.98. The molecule has 2 aromatic rings. The molecule has 5 nitrogen and oxygen atoms in total. The monoisotopic (exact) mass is 448 g/mol. The van der Waals surface area contributed by atoms with Gasteiger partial charge in [0.1, 0.15) is 11.4 Å². The summed E-state index contributed by atoms with van der Waals surface area (Å²) >= 11 is 3.07. The summed E-state index contributed by atoms with van der Waals surface area (Å²) in [7, 11) is 0. The maximum atomic E-state index is 13.7. The Hall–Kier alpha value is -2.41. The van der Waals surface area contributed by atoms with Crippen LogP contribution in [0.25, 0.3) is 0 Å². The quantitative estimate of drug-likeness (QED) is 0.692. The summed E-state index contributed by atoms with van der Waals surface area (Å²) in [5.41, 5.74) is 2.36. The van der Waals surface area contributed by atoms with Crippen LogP contribution in [0.1, 0.15) is 42.3 Å². The first-order chi connectivity index (χ1) is 13.1. The van der Waals surface area contributed by atoms with Crippen LogP contribution >= 0.6 is 15.9 Å². The van der Waals surface area contributed by atoms with Crippen LogP contribution in [0.4, 0.5) is 14.9 Å². The first-order valence-corrected chi connectivity index (χ1v) is 9.78. The van der Waals surface area contributed by atoms with Gasteiger partial charge >= 0.3 is 6.09 Å². The van der Waals surface area contributed by atoms with Crippen molar-refractivity contribution in [3.8, 4) is 0 Å². The van der Waals surface area contributed by atoms with E-state index in [0.717, 1.165) is 17.5 Å². The number of ether oxygens (including phenoxy) is 1. The fourth-order valence-electron chi connectivity index (χ4n) is 2.96. The molecule has 1 heterocycles. The van der Waals surface area contributed by atoms with E-state index in [9.17, 15) is 14.0 Å². The predicted molar refractivity (Wildman–Crippen MR) is 109 cm³/mol. The molecule has 0 saturated carbocycles. The molecular weight excluding hydrogens is 427 g/mol. The first kappa shape index (κ1) is 20.3. The fraction of sp³-hybridized carbons (Fsp3) is 0.333. The summed E-state index contributed by atoms with van der Waals surface area (Å²) in [6.45, 7) is 6.51. The number of halogens is 2. The third-order valence-corrected chi connectivity index (χ3v) is 4.95. The van der Waals surface area contributed by atoms with E-state index in [4.69, 9.17) is 4.74 Å². The lowest BCUT2D eigenvalue weighted by Gasteiger charge is -2.31. The Balaban J connectivity index is 1.72. The molecule has 1 aliphatic rings. The molecule has 0 radical (unpaired) electrons. The van der Waals surface area contributed by atoms with Gasteiger partial charge in [-0.3, -0.25) is 4.79 Å². The maximum Gasteiger partial charge on any atom is 0.410 e. The van der Waals surface area contributed by atoms with Crippen molar-refractivity contribution in [3.63, 3.8) is 0 Å². The third kappa shape index (κ3) is 4.90. The summed E-state index contributed by atoms with van der Waals surface area (Å²) in [6.07, 6.45) is 0.374. The lowest BCUT2D eigenvalue weighted by molar-refractivity contribution is 0.0224. The Morgan fingerprint density at radius 3 is 2.57 bits per heavy atom. The molecule has 28 heavy (non-hydrogen) atoms. The number of anilines is 1. The van der Waals surface area contributed by atoms with E-state index in [0.29, 0.717) is 23.2 Å². The largest absolute Gasteiger partial charge is 0.444 e. The molecule has 148 valence electrons. The van der Waals surface area contributed by atoms with Crippen molar-refractivity contribution in [2.24, 2.45) is 0 Å². The van der Waals surface area contributed by atoms with Crippen molar-refractivity contribution < 1.29 is 18.7 Å². The number of hydrogen-bond donors (Lipinski definition) is 1. The highest BCUT2D eigenvalue weighted by Crippen LogP contribution is 2.25. The molecule has 0 spiro atoms. The maximum absolute atomic E-state index is 13.7. The number of carbonyl (C=O) groups excluding carboxylic acids is 2. The Labute approximate surface area is 172 Å². The normalized spacial score (nSPS) is 13.7. The Bertz CT molecular complexity index is 924. The smallest absolute Gasteiger partial charge is 0.410 e. The molecule has 0 fully saturated rings. The summed E-state index contributed by atoms with van der Waals surface area (Å²) in [5.74, 6) is -0.891. The molecule has 0 bridgehead atoms. The van der Waals surface area contributed by atoms with Gasteiger partial charge in [0.25, 0.3) is 5.91 Å². The summed E-state index contributed by atoms with van der Waals surface area (Å²) < 4.78 is 19.4. The van der Waals surface area contributed by atoms with Gasteiger partial charge in [0, 0.05) is 24.3 Å². The summed E-state index contributed by atoms with van der Waals surface area (Å²) in [5, 5.41) is 2.78. The van der Waals surface area contributed by atoms with Gasteiger partial charge in [0.2, 0.25) is 0 Å². The van der Waals surface area contributed by atoms with E-state index < -0.39 is 17.3 Å². The van der Waals surface area contributed by atoms with Crippen LogP contribution in [0.5, 0.6) is 0 Å². The highest BCUT2D eigenvalue weighted by molar-refractivity contribution is 9.10. The Kier molecular flexibility index (Phi) is 5.74. The van der Waals surface area contributed by atoms with Gasteiger partial charge in [-0.25, -0.2) is 9.18 Å². The van der Waals surface area contributed by atoms with Crippen LogP contribution in [0.3, 0.4) is 0 Å². The second-order valence-corrected chi connectivity index (χ2v) is 8.57. The molecule has 1 aliphatic heterocycles. The molecule has 7 heteroatoms. The van der Waals surface area contributed by atoms with E-state index in [2.05, 4.69) is 21.2 Å². The van der Waals surface area contributed by atoms with Gasteiger partial charge < -0.3 is 15.0 Å². The van der Waals surface area contributed by atoms with Crippen LogP contribution in [-0.2, 0) is 17.7 Å². The number of fused-ring (bicyclic) bond motifs is 1. The Morgan fingerprint density at radius 2 is 1.89 bits per heavy atom. The highest BCUT2D eigenvalue weighted by atomic mass is 79.9. The van der Waals surface area contributed by atoms with Crippen molar-refractivity contribution in [3.05, 3.63) is 63.4 Å². The van der Waals surface area contributed by atoms with E-state index in [-0.39, 0.29) is 11.7 Å². The summed E-state index contributed by atoms with van der Waals surface area (Å²) in [4.78, 5) is 26.4. The van der Waals surface area contributed by atoms with Crippen LogP contribution in [0.2, 0.25) is 0 Å². The van der Waals surface area contributed by atoms with E-state index in [1.54, 1.807) is 11.0 Å². The standard InChI is InChI=1S/C21H22BrFN2O3/c1-21(2,3)28-20(27)25-9-8-13-4-6-16(10-15(13)12-25)24-19(26)14-5-7-17(22)18(23)11-14/h4-7,10-11H,8-9,12H2,1-3H3,(H,24,26). The zero-order chi connectivity index (χ0) is 20.5. The van der Waals surface area contributed by atoms with Crippen LogP contribution in [-0.4, -0.2) is 29.0 Å². The van der Waals surface area contributed by atoms with Gasteiger partial charge in [-0.2, -0.15) is 0 Å². The molecule has 1 N–H and O–H groups in total. The number of carbonyl (C=O) groups is 2. The van der Waals surface area contributed by atoms with Gasteiger partial charge in [0.05, 0.1) is 4.47 Å². The minimum absolute atomic E-state index is 0.230. The van der Waals surface area contributed by atoms with Crippen molar-refractivity contribution in [2.75, 3.05) is 11.9 Å². The second-order valence-electron chi connectivity index (χ2n) is 7.72. The van der Waals surface area contributed by atoms with Crippen molar-refractivity contribution in [2.45, 2.75) is 39.3 Å². The second kappa shape index (κ2) is 7.91. The average molecular weight is 449 g/mol. The number of hydrogen-bond acceptors (Lipinski definition) is 3.